The second kappa shape index (κ2) is 38.3. The first-order valence-corrected chi connectivity index (χ1v) is 45.6. The normalized spacial score (nSPS) is 13.2. The minimum Gasteiger partial charge on any atom is -0.460 e. The van der Waals surface area contributed by atoms with Crippen LogP contribution in [-0.4, -0.2) is 131 Å². The molecule has 3 aliphatic rings. The third-order valence-electron chi connectivity index (χ3n) is 24.3. The number of fused-ring (bicyclic) bond motifs is 7. The van der Waals surface area contributed by atoms with Gasteiger partial charge < -0.3 is 43.6 Å². The fourth-order valence-corrected chi connectivity index (χ4v) is 18.6. The summed E-state index contributed by atoms with van der Waals surface area (Å²) in [5.74, 6) is -5.03. The topological polar surface area (TPSA) is 326 Å². The number of nitriles is 1. The second-order valence-electron chi connectivity index (χ2n) is 34.1. The van der Waals surface area contributed by atoms with Crippen molar-refractivity contribution in [3.8, 4) is 17.2 Å². The molecule has 0 atom stereocenters. The molecule has 0 amide bonds. The predicted molar refractivity (Wildman–Crippen MR) is 518 cm³/mol. The van der Waals surface area contributed by atoms with E-state index < -0.39 is 56.3 Å². The number of hydrogen-bond donors (Lipinski definition) is 4. The van der Waals surface area contributed by atoms with Crippen LogP contribution in [0.25, 0.3) is 104 Å². The lowest BCUT2D eigenvalue weighted by Gasteiger charge is -2.16. The van der Waals surface area contributed by atoms with E-state index in [9.17, 15) is 69.6 Å². The molecule has 5 N–H and O–H groups in total. The Balaban J connectivity index is 0.000000133. The van der Waals surface area contributed by atoms with Crippen LogP contribution in [0.4, 0.5) is 32.0 Å². The maximum atomic E-state index is 15.1. The number of nitrogens with zero attached hydrogens (tertiary/aromatic N) is 8. The molecule has 16 aromatic rings. The zero-order valence-corrected chi connectivity index (χ0v) is 77.3. The lowest BCUT2D eigenvalue weighted by atomic mass is 9.92. The number of nitrogens with two attached hydrogens (primary N) is 1. The Labute approximate surface area is 784 Å². The number of benzene rings is 8. The molecule has 692 valence electrons. The van der Waals surface area contributed by atoms with Gasteiger partial charge in [-0.1, -0.05) is 96.1 Å². The van der Waals surface area contributed by atoms with Gasteiger partial charge in [-0.25, -0.2) is 44.5 Å². The molecule has 8 aromatic heterocycles. The monoisotopic (exact) mass is 1880 g/mol. The van der Waals surface area contributed by atoms with Gasteiger partial charge in [-0.2, -0.15) is 10.4 Å². The average molecular weight is 1890 g/mol. The Kier molecular flexibility index (Phi) is 26.4. The van der Waals surface area contributed by atoms with Crippen LogP contribution >= 0.6 is 11.6 Å². The van der Waals surface area contributed by atoms with Crippen molar-refractivity contribution in [1.82, 2.24) is 48.3 Å². The van der Waals surface area contributed by atoms with E-state index in [4.69, 9.17) is 22.1 Å². The number of aryl methyl sites for hydroxylation is 4. The SMILES string of the molecule is CC(=O)c1c(-c2ccc[nH]c2=O)c2cc(C)ccc2n1Cc1cc(S(C)(=O)=O)cc(C#N)c1F.CC(=O)c1c(C2=CC=CCC2=O)c2cc(C)c(F)cc2n1Cc1cc2c(N)c[nH]c2cc1F.CC(=O)c1c(C2=CC=CCC2=O)c2cc(C)c(F)cc2n1Cc1cc2cn[nH]c2cc1F.Cc1cc2c(C3=CC=CCC3=O)c(C(=O)OCCN(C)C)n(Cc3cc4ccccc4nc3Cl)c2cc1F. The first kappa shape index (κ1) is 94.5. The van der Waals surface area contributed by atoms with Gasteiger partial charge in [-0.3, -0.25) is 38.7 Å². The van der Waals surface area contributed by atoms with E-state index in [1.807, 2.05) is 68.4 Å². The molecule has 0 fully saturated rings. The van der Waals surface area contributed by atoms with Crippen molar-refractivity contribution in [3.05, 3.63) is 347 Å². The number of nitrogens with one attached hydrogen (secondary N) is 3. The number of Topliss-reactive ketones (excluding diaryl/α,β-unsaturated/α-hetero) is 6. The summed E-state index contributed by atoms with van der Waals surface area (Å²) in [6.45, 7) is 11.5. The fourth-order valence-electron chi connectivity index (χ4n) is 17.7. The molecule has 137 heavy (non-hydrogen) atoms. The maximum absolute atomic E-state index is 15.1. The third kappa shape index (κ3) is 18.5. The van der Waals surface area contributed by atoms with Crippen LogP contribution in [0.5, 0.6) is 0 Å². The molecular formula is C106H87ClF6N12O11S. The molecule has 0 spiro atoms. The van der Waals surface area contributed by atoms with Gasteiger partial charge in [0.05, 0.1) is 98.7 Å². The van der Waals surface area contributed by atoms with E-state index in [-0.39, 0.29) is 136 Å². The number of H-pyrrole nitrogens is 3. The van der Waals surface area contributed by atoms with Crippen molar-refractivity contribution >= 4 is 161 Å². The first-order valence-electron chi connectivity index (χ1n) is 43.3. The molecule has 8 heterocycles. The number of likely N-dealkylation sites (N-methyl/N-ethyl adjacent to an activating group) is 1. The van der Waals surface area contributed by atoms with Gasteiger partial charge in [-0.15, -0.1) is 0 Å². The Bertz CT molecular complexity index is 8330. The lowest BCUT2D eigenvalue weighted by Crippen LogP contribution is -2.22. The predicted octanol–water partition coefficient (Wildman–Crippen LogP) is 20.7. The van der Waals surface area contributed by atoms with Crippen LogP contribution in [0.2, 0.25) is 5.15 Å². The molecule has 31 heteroatoms. The Morgan fingerprint density at radius 3 is 1.53 bits per heavy atom. The minimum absolute atomic E-state index is 0.00181. The summed E-state index contributed by atoms with van der Waals surface area (Å²) in [4.78, 5) is 115. The number of halogens is 7. The molecule has 8 aromatic carbocycles. The van der Waals surface area contributed by atoms with Crippen LogP contribution in [0, 0.1) is 73.9 Å². The number of sulfone groups is 1. The Morgan fingerprint density at radius 2 is 1.01 bits per heavy atom. The van der Waals surface area contributed by atoms with Crippen LogP contribution in [-0.2, 0) is 55.1 Å². The zero-order chi connectivity index (χ0) is 97.8. The fraction of sp³-hybridized carbons (Fsp3) is 0.179. The lowest BCUT2D eigenvalue weighted by molar-refractivity contribution is -0.113. The number of esters is 1. The summed E-state index contributed by atoms with van der Waals surface area (Å²) >= 11 is 6.59. The summed E-state index contributed by atoms with van der Waals surface area (Å²) in [7, 11) is 0.0423. The van der Waals surface area contributed by atoms with Crippen molar-refractivity contribution in [3.63, 3.8) is 0 Å². The van der Waals surface area contributed by atoms with E-state index >= 15 is 8.78 Å². The van der Waals surface area contributed by atoms with E-state index in [1.165, 1.54) is 63.4 Å². The number of ether oxygens (including phenoxy) is 1. The molecule has 0 saturated heterocycles. The summed E-state index contributed by atoms with van der Waals surface area (Å²) in [5, 5.41) is 20.9. The zero-order valence-electron chi connectivity index (χ0n) is 75.7. The van der Waals surface area contributed by atoms with Gasteiger partial charge >= 0.3 is 5.97 Å². The number of carbonyl (C=O) groups excluding carboxylic acids is 7. The van der Waals surface area contributed by atoms with Crippen molar-refractivity contribution < 1.29 is 73.1 Å². The molecule has 3 aliphatic carbocycles. The molecular weight excluding hydrogens is 1800 g/mol. The molecule has 23 nitrogen and oxygen atoms in total. The van der Waals surface area contributed by atoms with Gasteiger partial charge in [0.1, 0.15) is 58.4 Å². The number of pyridine rings is 2. The number of hydrogen-bond acceptors (Lipinski definition) is 16. The highest BCUT2D eigenvalue weighted by atomic mass is 35.5. The standard InChI is InChI=1S/C30H27ClFN3O3.C26H21F2N3O2.C25H19F2N3O2.C25H20FN3O4S/c1-18-14-22-25(16-23(18)32)35(17-20-15-19-8-4-6-10-24(19)33-29(20)31)28(30(37)38-13-12-34(2)3)27(22)21-9-5-7-11-26(21)36;1-13-7-18-23(10-19(13)27)31(12-15-8-17-21(29)11-30-22(17)9-20(15)28)26(14(2)32)25(18)16-5-3-4-6-24(16)33;1-13-7-18-22(10-19(13)26)30(12-16-8-15-11-28-29-21(15)9-20(16)27)25(14(2)31)24(18)17-5-3-4-6-23(17)32;1-14-6-7-21-20(9-14)22(19-5-4-8-28-25(19)31)24(15(2)30)29(21)13-17-11-18(34(3,32)33)10-16(12-27)23(17)26/h4-10,14-16H,11-13,17H2,1-3H3;3-5,7-11,30H,6,12,29H2,1-2H3;3-5,7-11H,6,12H2,1-2H3,(H,28,29);4-11H,13H2,1-3H3,(H,28,31). The Morgan fingerprint density at radius 1 is 0.533 bits per heavy atom. The number of carbonyl (C=O) groups is 7. The average Bonchev–Trinajstić information content (AvgIpc) is 1.59. The number of rotatable bonds is 20. The molecule has 0 radical (unpaired) electrons. The molecule has 19 rings (SSSR count). The third-order valence-corrected chi connectivity index (χ3v) is 25.8. The van der Waals surface area contributed by atoms with E-state index in [0.29, 0.717) is 145 Å². The largest absolute Gasteiger partial charge is 0.460 e. The summed E-state index contributed by atoms with van der Waals surface area (Å²) < 4.78 is 126. The summed E-state index contributed by atoms with van der Waals surface area (Å²) in [6, 6.07) is 37.1. The number of aromatic nitrogens is 9. The van der Waals surface area contributed by atoms with Gasteiger partial charge in [0.25, 0.3) is 5.56 Å². The quantitative estimate of drug-likeness (QED) is 0.0181. The van der Waals surface area contributed by atoms with Crippen molar-refractivity contribution in [1.29, 1.82) is 5.26 Å². The highest BCUT2D eigenvalue weighted by Gasteiger charge is 2.35. The molecule has 0 saturated carbocycles. The molecule has 0 aliphatic heterocycles. The van der Waals surface area contributed by atoms with Crippen molar-refractivity contribution in [2.75, 3.05) is 39.2 Å². The second-order valence-corrected chi connectivity index (χ2v) is 36.5. The highest BCUT2D eigenvalue weighted by Crippen LogP contribution is 2.43. The number of nitrogen functional groups attached to an aromatic ring is 1. The number of ketones is 6. The van der Waals surface area contributed by atoms with Crippen LogP contribution < -0.4 is 11.3 Å². The van der Waals surface area contributed by atoms with Crippen LogP contribution in [0.1, 0.15) is 149 Å². The maximum Gasteiger partial charge on any atom is 0.355 e. The number of allylic oxidation sites excluding steroid dienone is 12. The van der Waals surface area contributed by atoms with E-state index in [1.54, 1.807) is 161 Å². The van der Waals surface area contributed by atoms with Gasteiger partial charge in [-0.05, 0) is 168 Å². The number of aromatic amines is 3. The summed E-state index contributed by atoms with van der Waals surface area (Å²) in [6.07, 6.45) is 21.9. The van der Waals surface area contributed by atoms with Crippen LogP contribution in [0.3, 0.4) is 0 Å². The van der Waals surface area contributed by atoms with Crippen molar-refractivity contribution in [2.45, 2.75) is 98.8 Å². The number of para-hydroxylation sites is 1. The first-order chi connectivity index (χ1) is 65.4. The summed E-state index contributed by atoms with van der Waals surface area (Å²) in [5.41, 5.74) is 16.8. The van der Waals surface area contributed by atoms with Crippen molar-refractivity contribution in [2.24, 2.45) is 0 Å². The number of anilines is 1. The van der Waals surface area contributed by atoms with Gasteiger partial charge in [0.15, 0.2) is 44.5 Å². The van der Waals surface area contributed by atoms with E-state index in [0.717, 1.165) is 34.2 Å². The minimum atomic E-state index is -3.72. The smallest absolute Gasteiger partial charge is 0.355 e. The highest BCUT2D eigenvalue weighted by molar-refractivity contribution is 7.90. The Hall–Kier alpha value is -15.7. The van der Waals surface area contributed by atoms with Gasteiger partial charge in [0.2, 0.25) is 0 Å². The molecule has 0 unspecified atom stereocenters. The van der Waals surface area contributed by atoms with Crippen LogP contribution in [0.15, 0.2) is 216 Å². The molecule has 0 bridgehead atoms. The van der Waals surface area contributed by atoms with Gasteiger partial charge in [0, 0.05) is 175 Å². The van der Waals surface area contributed by atoms with E-state index in [2.05, 4.69) is 25.1 Å².